The van der Waals surface area contributed by atoms with Gasteiger partial charge in [0.15, 0.2) is 0 Å². The standard InChI is InChI=1S/C16H14N2O2/c1-20-16(19)14-8-4-2-7-13(14)11-18-15-9-5-3-6-12(15)10-17-18/h2-10H,11H2,1H3. The van der Waals surface area contributed by atoms with Crippen molar-refractivity contribution >= 4 is 16.9 Å². The number of methoxy groups -OCH3 is 1. The van der Waals surface area contributed by atoms with E-state index in [0.717, 1.165) is 16.5 Å². The Labute approximate surface area is 116 Å². The molecule has 3 aromatic rings. The number of esters is 1. The minimum Gasteiger partial charge on any atom is -0.465 e. The van der Waals surface area contributed by atoms with Crippen molar-refractivity contribution in [2.75, 3.05) is 7.11 Å². The van der Waals surface area contributed by atoms with Crippen molar-refractivity contribution in [3.05, 3.63) is 65.9 Å². The van der Waals surface area contributed by atoms with E-state index in [4.69, 9.17) is 4.74 Å². The molecule has 0 amide bonds. The highest BCUT2D eigenvalue weighted by Crippen LogP contribution is 2.17. The van der Waals surface area contributed by atoms with Crippen molar-refractivity contribution in [2.45, 2.75) is 6.54 Å². The number of nitrogens with zero attached hydrogens (tertiary/aromatic N) is 2. The molecule has 0 saturated carbocycles. The molecule has 1 heterocycles. The number of fused-ring (bicyclic) bond motifs is 1. The molecular formula is C16H14N2O2. The highest BCUT2D eigenvalue weighted by atomic mass is 16.5. The van der Waals surface area contributed by atoms with Gasteiger partial charge in [-0.2, -0.15) is 5.10 Å². The molecule has 0 saturated heterocycles. The molecule has 0 aliphatic heterocycles. The molecule has 1 aromatic heterocycles. The molecule has 0 unspecified atom stereocenters. The number of aromatic nitrogens is 2. The maximum absolute atomic E-state index is 11.8. The van der Waals surface area contributed by atoms with E-state index in [2.05, 4.69) is 5.10 Å². The van der Waals surface area contributed by atoms with Gasteiger partial charge in [-0.3, -0.25) is 4.68 Å². The van der Waals surface area contributed by atoms with Crippen LogP contribution in [0.25, 0.3) is 10.9 Å². The molecule has 0 aliphatic carbocycles. The predicted octanol–water partition coefficient (Wildman–Crippen LogP) is 2.87. The Hall–Kier alpha value is -2.62. The highest BCUT2D eigenvalue weighted by Gasteiger charge is 2.12. The molecule has 4 heteroatoms. The molecule has 0 spiro atoms. The smallest absolute Gasteiger partial charge is 0.338 e. The Morgan fingerprint density at radius 1 is 1.15 bits per heavy atom. The molecular weight excluding hydrogens is 252 g/mol. The molecule has 0 bridgehead atoms. The summed E-state index contributed by atoms with van der Waals surface area (Å²) in [6.07, 6.45) is 1.83. The van der Waals surface area contributed by atoms with Crippen LogP contribution < -0.4 is 0 Å². The minimum absolute atomic E-state index is 0.322. The van der Waals surface area contributed by atoms with Gasteiger partial charge in [-0.05, 0) is 17.7 Å². The average Bonchev–Trinajstić information content (AvgIpc) is 2.90. The van der Waals surface area contributed by atoms with Crippen LogP contribution in [-0.2, 0) is 11.3 Å². The number of hydrogen-bond acceptors (Lipinski definition) is 3. The monoisotopic (exact) mass is 266 g/mol. The Kier molecular flexibility index (Phi) is 3.21. The molecule has 3 rings (SSSR count). The lowest BCUT2D eigenvalue weighted by molar-refractivity contribution is 0.0599. The summed E-state index contributed by atoms with van der Waals surface area (Å²) in [5.74, 6) is -0.322. The number of para-hydroxylation sites is 1. The van der Waals surface area contributed by atoms with Crippen LogP contribution in [0.1, 0.15) is 15.9 Å². The molecule has 0 aliphatic rings. The normalized spacial score (nSPS) is 10.7. The molecule has 0 atom stereocenters. The van der Waals surface area contributed by atoms with Crippen molar-refractivity contribution in [1.82, 2.24) is 9.78 Å². The number of hydrogen-bond donors (Lipinski definition) is 0. The maximum Gasteiger partial charge on any atom is 0.338 e. The summed E-state index contributed by atoms with van der Waals surface area (Å²) in [5.41, 5.74) is 2.52. The molecule has 0 radical (unpaired) electrons. The van der Waals surface area contributed by atoms with Crippen LogP contribution >= 0.6 is 0 Å². The molecule has 0 N–H and O–H groups in total. The van der Waals surface area contributed by atoms with Crippen LogP contribution in [0.15, 0.2) is 54.7 Å². The zero-order valence-corrected chi connectivity index (χ0v) is 11.1. The topological polar surface area (TPSA) is 44.1 Å². The summed E-state index contributed by atoms with van der Waals surface area (Å²) in [6.45, 7) is 0.540. The second-order valence-corrected chi connectivity index (χ2v) is 4.51. The summed E-state index contributed by atoms with van der Waals surface area (Å²) < 4.78 is 6.70. The first kappa shape index (κ1) is 12.4. The fourth-order valence-electron chi connectivity index (χ4n) is 2.28. The Bertz CT molecular complexity index is 762. The molecule has 20 heavy (non-hydrogen) atoms. The number of ether oxygens (including phenoxy) is 1. The van der Waals surface area contributed by atoms with Gasteiger partial charge < -0.3 is 4.74 Å². The summed E-state index contributed by atoms with van der Waals surface area (Å²) in [4.78, 5) is 11.8. The van der Waals surface area contributed by atoms with Crippen LogP contribution in [-0.4, -0.2) is 22.9 Å². The fraction of sp³-hybridized carbons (Fsp3) is 0.125. The van der Waals surface area contributed by atoms with Crippen LogP contribution in [0, 0.1) is 0 Å². The lowest BCUT2D eigenvalue weighted by Crippen LogP contribution is -2.09. The van der Waals surface area contributed by atoms with Crippen LogP contribution in [0.3, 0.4) is 0 Å². The van der Waals surface area contributed by atoms with E-state index in [1.165, 1.54) is 7.11 Å². The summed E-state index contributed by atoms with van der Waals surface area (Å²) >= 11 is 0. The second kappa shape index (κ2) is 5.17. The molecule has 100 valence electrons. The van der Waals surface area contributed by atoms with Gasteiger partial charge in [0.05, 0.1) is 30.9 Å². The number of carbonyl (C=O) groups is 1. The number of rotatable bonds is 3. The largest absolute Gasteiger partial charge is 0.465 e. The second-order valence-electron chi connectivity index (χ2n) is 4.51. The van der Waals surface area contributed by atoms with Gasteiger partial charge in [-0.15, -0.1) is 0 Å². The molecule has 4 nitrogen and oxygen atoms in total. The first-order valence-corrected chi connectivity index (χ1v) is 6.36. The van der Waals surface area contributed by atoms with Crippen molar-refractivity contribution in [3.8, 4) is 0 Å². The predicted molar refractivity (Wildman–Crippen MR) is 76.6 cm³/mol. The van der Waals surface area contributed by atoms with E-state index in [1.54, 1.807) is 6.07 Å². The fourth-order valence-corrected chi connectivity index (χ4v) is 2.28. The Morgan fingerprint density at radius 3 is 2.75 bits per heavy atom. The van der Waals surface area contributed by atoms with Gasteiger partial charge in [0.2, 0.25) is 0 Å². The third-order valence-corrected chi connectivity index (χ3v) is 3.29. The van der Waals surface area contributed by atoms with Gasteiger partial charge in [-0.25, -0.2) is 4.79 Å². The van der Waals surface area contributed by atoms with Gasteiger partial charge in [0.25, 0.3) is 0 Å². The minimum atomic E-state index is -0.322. The lowest BCUT2D eigenvalue weighted by atomic mass is 10.1. The van der Waals surface area contributed by atoms with E-state index in [9.17, 15) is 4.79 Å². The van der Waals surface area contributed by atoms with Crippen molar-refractivity contribution in [2.24, 2.45) is 0 Å². The van der Waals surface area contributed by atoms with E-state index in [1.807, 2.05) is 53.3 Å². The number of carbonyl (C=O) groups excluding carboxylic acids is 1. The third-order valence-electron chi connectivity index (χ3n) is 3.29. The SMILES string of the molecule is COC(=O)c1ccccc1Cn1ncc2ccccc21. The highest BCUT2D eigenvalue weighted by molar-refractivity contribution is 5.91. The summed E-state index contributed by atoms with van der Waals surface area (Å²) in [7, 11) is 1.39. The molecule has 2 aromatic carbocycles. The van der Waals surface area contributed by atoms with E-state index >= 15 is 0 Å². The van der Waals surface area contributed by atoms with E-state index < -0.39 is 0 Å². The van der Waals surface area contributed by atoms with Crippen molar-refractivity contribution < 1.29 is 9.53 Å². The van der Waals surface area contributed by atoms with Crippen LogP contribution in [0.5, 0.6) is 0 Å². The summed E-state index contributed by atoms with van der Waals surface area (Å²) in [5, 5.41) is 5.47. The van der Waals surface area contributed by atoms with E-state index in [-0.39, 0.29) is 5.97 Å². The maximum atomic E-state index is 11.8. The third kappa shape index (κ3) is 2.16. The first-order valence-electron chi connectivity index (χ1n) is 6.36. The molecule has 0 fully saturated rings. The zero-order valence-electron chi connectivity index (χ0n) is 11.1. The first-order chi connectivity index (χ1) is 9.79. The Balaban J connectivity index is 2.01. The number of benzene rings is 2. The average molecular weight is 266 g/mol. The Morgan fingerprint density at radius 2 is 1.90 bits per heavy atom. The zero-order chi connectivity index (χ0) is 13.9. The van der Waals surface area contributed by atoms with Crippen LogP contribution in [0.2, 0.25) is 0 Å². The van der Waals surface area contributed by atoms with Crippen molar-refractivity contribution in [1.29, 1.82) is 0 Å². The van der Waals surface area contributed by atoms with Crippen molar-refractivity contribution in [3.63, 3.8) is 0 Å². The lowest BCUT2D eigenvalue weighted by Gasteiger charge is -2.08. The van der Waals surface area contributed by atoms with Gasteiger partial charge in [0.1, 0.15) is 0 Å². The van der Waals surface area contributed by atoms with Crippen LogP contribution in [0.4, 0.5) is 0 Å². The van der Waals surface area contributed by atoms with Gasteiger partial charge >= 0.3 is 5.97 Å². The van der Waals surface area contributed by atoms with E-state index in [0.29, 0.717) is 12.1 Å². The van der Waals surface area contributed by atoms with Gasteiger partial charge in [-0.1, -0.05) is 36.4 Å². The quantitative estimate of drug-likeness (QED) is 0.685. The van der Waals surface area contributed by atoms with Gasteiger partial charge in [0, 0.05) is 5.39 Å². The summed E-state index contributed by atoms with van der Waals surface area (Å²) in [6, 6.07) is 15.4.